The van der Waals surface area contributed by atoms with Gasteiger partial charge in [0.05, 0.1) is 0 Å². The van der Waals surface area contributed by atoms with Crippen LogP contribution in [0.25, 0.3) is 0 Å². The highest BCUT2D eigenvalue weighted by molar-refractivity contribution is 5.89. The summed E-state index contributed by atoms with van der Waals surface area (Å²) in [6.45, 7) is 14.6. The summed E-state index contributed by atoms with van der Waals surface area (Å²) >= 11 is 0. The van der Waals surface area contributed by atoms with Gasteiger partial charge in [-0.25, -0.2) is 4.79 Å². The molecule has 4 nitrogen and oxygen atoms in total. The van der Waals surface area contributed by atoms with Gasteiger partial charge in [0.25, 0.3) is 0 Å². The molecule has 1 aliphatic rings. The van der Waals surface area contributed by atoms with E-state index in [2.05, 4.69) is 57.0 Å². The monoisotopic (exact) mass is 317 g/mol. The minimum Gasteiger partial charge on any atom is -0.322 e. The van der Waals surface area contributed by atoms with Crippen molar-refractivity contribution in [3.63, 3.8) is 0 Å². The maximum Gasteiger partial charge on any atom is 0.321 e. The maximum atomic E-state index is 12.4. The van der Waals surface area contributed by atoms with E-state index < -0.39 is 0 Å². The Hall–Kier alpha value is -1.55. The summed E-state index contributed by atoms with van der Waals surface area (Å²) in [4.78, 5) is 16.8. The molecule has 23 heavy (non-hydrogen) atoms. The number of nitrogens with one attached hydrogen (secondary N) is 1. The molecule has 1 unspecified atom stereocenters. The second-order valence-electron chi connectivity index (χ2n) is 7.54. The van der Waals surface area contributed by atoms with Crippen LogP contribution in [0.15, 0.2) is 24.3 Å². The van der Waals surface area contributed by atoms with E-state index >= 15 is 0 Å². The molecule has 1 heterocycles. The Bertz CT molecular complexity index is 510. The number of carbonyl (C=O) groups is 1. The molecule has 0 aromatic heterocycles. The zero-order valence-corrected chi connectivity index (χ0v) is 15.2. The first-order valence-electron chi connectivity index (χ1n) is 8.71. The summed E-state index contributed by atoms with van der Waals surface area (Å²) in [6, 6.07) is 8.79. The number of carbonyl (C=O) groups excluding carboxylic acids is 1. The predicted molar refractivity (Wildman–Crippen MR) is 97.1 cm³/mol. The molecule has 1 aromatic rings. The molecular formula is C19H31N3O. The number of nitrogens with zero attached hydrogens (tertiary/aromatic N) is 2. The summed E-state index contributed by atoms with van der Waals surface area (Å²) < 4.78 is 0. The van der Waals surface area contributed by atoms with Gasteiger partial charge in [-0.15, -0.1) is 0 Å². The van der Waals surface area contributed by atoms with Crippen molar-refractivity contribution in [2.75, 3.05) is 31.5 Å². The minimum absolute atomic E-state index is 0.0114. The van der Waals surface area contributed by atoms with E-state index in [4.69, 9.17) is 0 Å². The Kier molecular flexibility index (Phi) is 5.69. The van der Waals surface area contributed by atoms with Crippen LogP contribution in [0.2, 0.25) is 0 Å². The van der Waals surface area contributed by atoms with E-state index in [-0.39, 0.29) is 11.4 Å². The van der Waals surface area contributed by atoms with Crippen LogP contribution in [0.5, 0.6) is 0 Å². The highest BCUT2D eigenvalue weighted by atomic mass is 16.2. The fourth-order valence-corrected chi connectivity index (χ4v) is 2.88. The number of benzene rings is 1. The molecule has 1 fully saturated rings. The van der Waals surface area contributed by atoms with Crippen LogP contribution in [-0.4, -0.2) is 48.1 Å². The summed E-state index contributed by atoms with van der Waals surface area (Å²) in [5.41, 5.74) is 2.28. The first-order valence-corrected chi connectivity index (χ1v) is 8.71. The normalized spacial score (nSPS) is 17.9. The zero-order chi connectivity index (χ0) is 17.0. The van der Waals surface area contributed by atoms with Crippen molar-refractivity contribution in [3.05, 3.63) is 29.8 Å². The van der Waals surface area contributed by atoms with Crippen molar-refractivity contribution in [1.82, 2.24) is 9.80 Å². The average Bonchev–Trinajstić information content (AvgIpc) is 2.54. The van der Waals surface area contributed by atoms with Gasteiger partial charge in [0.15, 0.2) is 0 Å². The van der Waals surface area contributed by atoms with Crippen molar-refractivity contribution >= 4 is 11.7 Å². The van der Waals surface area contributed by atoms with Gasteiger partial charge in [-0.1, -0.05) is 39.8 Å². The molecule has 1 aromatic carbocycles. The number of rotatable bonds is 3. The molecule has 0 spiro atoms. The Morgan fingerprint density at radius 1 is 1.13 bits per heavy atom. The first kappa shape index (κ1) is 17.8. The van der Waals surface area contributed by atoms with E-state index in [1.165, 1.54) is 5.56 Å². The van der Waals surface area contributed by atoms with Crippen molar-refractivity contribution in [2.45, 2.75) is 52.5 Å². The van der Waals surface area contributed by atoms with E-state index in [9.17, 15) is 4.79 Å². The number of amides is 2. The molecule has 1 aliphatic heterocycles. The average molecular weight is 317 g/mol. The number of hydrogen-bond donors (Lipinski definition) is 1. The molecule has 0 bridgehead atoms. The molecule has 1 N–H and O–H groups in total. The van der Waals surface area contributed by atoms with E-state index in [0.717, 1.165) is 38.3 Å². The lowest BCUT2D eigenvalue weighted by Crippen LogP contribution is -2.52. The third-order valence-electron chi connectivity index (χ3n) is 4.82. The van der Waals surface area contributed by atoms with Crippen LogP contribution in [0.1, 0.15) is 46.6 Å². The van der Waals surface area contributed by atoms with Crippen LogP contribution in [-0.2, 0) is 5.41 Å². The Morgan fingerprint density at radius 2 is 1.70 bits per heavy atom. The molecule has 1 saturated heterocycles. The van der Waals surface area contributed by atoms with Gasteiger partial charge < -0.3 is 10.2 Å². The lowest BCUT2D eigenvalue weighted by Gasteiger charge is -2.37. The van der Waals surface area contributed by atoms with Crippen molar-refractivity contribution < 1.29 is 4.79 Å². The van der Waals surface area contributed by atoms with Gasteiger partial charge in [-0.05, 0) is 36.5 Å². The lowest BCUT2D eigenvalue weighted by atomic mass is 9.87. The third kappa shape index (κ3) is 4.71. The molecule has 1 atom stereocenters. The SMILES string of the molecule is CCC(C)N1CCN(C(=O)Nc2ccc(C(C)(C)C)cc2)CC1. The number of anilines is 1. The van der Waals surface area contributed by atoms with Gasteiger partial charge >= 0.3 is 6.03 Å². The van der Waals surface area contributed by atoms with Crippen molar-refractivity contribution in [1.29, 1.82) is 0 Å². The summed E-state index contributed by atoms with van der Waals surface area (Å²) in [7, 11) is 0. The Balaban J connectivity index is 1.88. The molecule has 0 saturated carbocycles. The predicted octanol–water partition coefficient (Wildman–Crippen LogP) is 3.93. The van der Waals surface area contributed by atoms with Gasteiger partial charge in [0.2, 0.25) is 0 Å². The molecule has 0 radical (unpaired) electrons. The minimum atomic E-state index is 0.0114. The quantitative estimate of drug-likeness (QED) is 0.917. The van der Waals surface area contributed by atoms with E-state index in [1.54, 1.807) is 0 Å². The van der Waals surface area contributed by atoms with Crippen LogP contribution in [0.4, 0.5) is 10.5 Å². The number of urea groups is 1. The molecular weight excluding hydrogens is 286 g/mol. The highest BCUT2D eigenvalue weighted by Crippen LogP contribution is 2.23. The first-order chi connectivity index (χ1) is 10.8. The van der Waals surface area contributed by atoms with E-state index in [0.29, 0.717) is 6.04 Å². The van der Waals surface area contributed by atoms with Gasteiger partial charge in [-0.2, -0.15) is 0 Å². The zero-order valence-electron chi connectivity index (χ0n) is 15.2. The number of piperazine rings is 1. The molecule has 2 amide bonds. The third-order valence-corrected chi connectivity index (χ3v) is 4.82. The molecule has 2 rings (SSSR count). The molecule has 4 heteroatoms. The van der Waals surface area contributed by atoms with Gasteiger partial charge in [-0.3, -0.25) is 4.90 Å². The lowest BCUT2D eigenvalue weighted by molar-refractivity contribution is 0.117. The maximum absolute atomic E-state index is 12.4. The summed E-state index contributed by atoms with van der Waals surface area (Å²) in [6.07, 6.45) is 1.16. The van der Waals surface area contributed by atoms with Crippen LogP contribution in [0, 0.1) is 0 Å². The second kappa shape index (κ2) is 7.35. The van der Waals surface area contributed by atoms with Gasteiger partial charge in [0.1, 0.15) is 0 Å². The Morgan fingerprint density at radius 3 is 2.17 bits per heavy atom. The highest BCUT2D eigenvalue weighted by Gasteiger charge is 2.23. The van der Waals surface area contributed by atoms with Crippen molar-refractivity contribution in [3.8, 4) is 0 Å². The van der Waals surface area contributed by atoms with Crippen molar-refractivity contribution in [2.24, 2.45) is 0 Å². The summed E-state index contributed by atoms with van der Waals surface area (Å²) in [5, 5.41) is 3.02. The largest absolute Gasteiger partial charge is 0.322 e. The Labute approximate surface area is 140 Å². The fraction of sp³-hybridized carbons (Fsp3) is 0.632. The molecule has 0 aliphatic carbocycles. The number of hydrogen-bond acceptors (Lipinski definition) is 2. The topological polar surface area (TPSA) is 35.6 Å². The fourth-order valence-electron chi connectivity index (χ4n) is 2.88. The molecule has 128 valence electrons. The van der Waals surface area contributed by atoms with Crippen LogP contribution < -0.4 is 5.32 Å². The second-order valence-corrected chi connectivity index (χ2v) is 7.54. The summed E-state index contributed by atoms with van der Waals surface area (Å²) in [5.74, 6) is 0. The smallest absolute Gasteiger partial charge is 0.321 e. The van der Waals surface area contributed by atoms with Crippen LogP contribution >= 0.6 is 0 Å². The van der Waals surface area contributed by atoms with E-state index in [1.807, 2.05) is 17.0 Å². The van der Waals surface area contributed by atoms with Gasteiger partial charge in [0, 0.05) is 37.9 Å². The van der Waals surface area contributed by atoms with Crippen LogP contribution in [0.3, 0.4) is 0 Å². The standard InChI is InChI=1S/C19H31N3O/c1-6-15(2)21-11-13-22(14-12-21)18(23)20-17-9-7-16(8-10-17)19(3,4)5/h7-10,15H,6,11-14H2,1-5H3,(H,20,23).